The van der Waals surface area contributed by atoms with E-state index in [1.54, 1.807) is 0 Å². The number of rotatable bonds is 5. The van der Waals surface area contributed by atoms with Crippen LogP contribution in [-0.2, 0) is 10.9 Å². The van der Waals surface area contributed by atoms with Crippen LogP contribution in [0.1, 0.15) is 25.7 Å². The zero-order valence-electron chi connectivity index (χ0n) is 15.6. The third-order valence-electron chi connectivity index (χ3n) is 5.08. The zero-order chi connectivity index (χ0) is 19.4. The molecule has 3 heteroatoms. The second-order valence-electron chi connectivity index (χ2n) is 6.97. The van der Waals surface area contributed by atoms with Crippen molar-refractivity contribution in [1.82, 2.24) is 0 Å². The number of ether oxygens (including phenoxy) is 1. The lowest BCUT2D eigenvalue weighted by Gasteiger charge is -2.24. The Bertz CT molecular complexity index is 933. The van der Waals surface area contributed by atoms with Crippen molar-refractivity contribution in [2.24, 2.45) is 0 Å². The van der Waals surface area contributed by atoms with Crippen LogP contribution in [0.25, 0.3) is 0 Å². The highest BCUT2D eigenvalue weighted by Gasteiger charge is 2.36. The second kappa shape index (κ2) is 8.12. The van der Waals surface area contributed by atoms with Gasteiger partial charge in [-0.3, -0.25) is 0 Å². The van der Waals surface area contributed by atoms with E-state index in [2.05, 4.69) is 30.2 Å². The van der Waals surface area contributed by atoms with Crippen LogP contribution in [0.15, 0.2) is 93.5 Å². The fourth-order valence-corrected chi connectivity index (χ4v) is 5.75. The van der Waals surface area contributed by atoms with Gasteiger partial charge in [0.25, 0.3) is 0 Å². The van der Waals surface area contributed by atoms with Crippen LogP contribution in [0.4, 0.5) is 4.39 Å². The first kappa shape index (κ1) is 18.7. The van der Waals surface area contributed by atoms with E-state index in [0.717, 1.165) is 30.6 Å². The zero-order valence-corrected chi connectivity index (χ0v) is 16.4. The molecule has 0 N–H and O–H groups in total. The molecule has 1 aliphatic carbocycles. The third-order valence-corrected chi connectivity index (χ3v) is 7.29. The predicted molar refractivity (Wildman–Crippen MR) is 112 cm³/mol. The number of halogens is 1. The number of hydrogen-bond donors (Lipinski definition) is 0. The van der Waals surface area contributed by atoms with Crippen LogP contribution in [0, 0.1) is 18.2 Å². The molecule has 1 saturated carbocycles. The molecule has 3 aromatic rings. The molecule has 4 rings (SSSR count). The first-order valence-corrected chi connectivity index (χ1v) is 10.7. The molecular weight excluding hydrogens is 367 g/mol. The summed E-state index contributed by atoms with van der Waals surface area (Å²) >= 11 is 0. The minimum atomic E-state index is -0.683. The molecule has 0 saturated heterocycles. The van der Waals surface area contributed by atoms with Gasteiger partial charge in [-0.15, -0.1) is 6.42 Å². The highest BCUT2D eigenvalue weighted by molar-refractivity contribution is 7.97. The Morgan fingerprint density at radius 1 is 0.821 bits per heavy atom. The van der Waals surface area contributed by atoms with Crippen molar-refractivity contribution in [1.29, 1.82) is 0 Å². The molecule has 0 heterocycles. The van der Waals surface area contributed by atoms with Crippen LogP contribution >= 0.6 is 0 Å². The summed E-state index contributed by atoms with van der Waals surface area (Å²) in [6.07, 6.45) is 9.33. The van der Waals surface area contributed by atoms with Crippen molar-refractivity contribution in [2.75, 3.05) is 0 Å². The molecule has 140 valence electrons. The van der Waals surface area contributed by atoms with Crippen LogP contribution in [0.3, 0.4) is 0 Å². The summed E-state index contributed by atoms with van der Waals surface area (Å²) in [5.74, 6) is 2.66. The maximum Gasteiger partial charge on any atom is 0.170 e. The van der Waals surface area contributed by atoms with Gasteiger partial charge in [0.1, 0.15) is 0 Å². The standard InChI is InChI=1S/C25H22FOS/c1-2-25(17-9-10-18-25)27-24-19-22(15-16-23(24)26)28(20-11-5-3-6-12-20)21-13-7-4-8-14-21/h1,3-8,11-16,19H,9-10,17-18H2/q+1. The van der Waals surface area contributed by atoms with Crippen LogP contribution in [-0.4, -0.2) is 5.60 Å². The van der Waals surface area contributed by atoms with Gasteiger partial charge in [0.2, 0.25) is 0 Å². The molecule has 0 atom stereocenters. The van der Waals surface area contributed by atoms with Gasteiger partial charge in [-0.25, -0.2) is 4.39 Å². The minimum absolute atomic E-state index is 0.252. The van der Waals surface area contributed by atoms with Gasteiger partial charge in [0.05, 0.1) is 10.9 Å². The molecule has 1 fully saturated rings. The molecule has 0 aromatic heterocycles. The molecule has 28 heavy (non-hydrogen) atoms. The van der Waals surface area contributed by atoms with Gasteiger partial charge in [0.15, 0.2) is 31.9 Å². The van der Waals surface area contributed by atoms with Gasteiger partial charge in [-0.2, -0.15) is 0 Å². The van der Waals surface area contributed by atoms with Crippen molar-refractivity contribution < 1.29 is 9.13 Å². The molecule has 1 aliphatic rings. The van der Waals surface area contributed by atoms with E-state index >= 15 is 0 Å². The Balaban J connectivity index is 1.77. The maximum absolute atomic E-state index is 14.6. The fourth-order valence-electron chi connectivity index (χ4n) is 3.64. The Kier molecular flexibility index (Phi) is 5.41. The SMILES string of the molecule is C#CC1(Oc2cc([S+](c3ccccc3)c3ccccc3)ccc2F)CCCC1. The molecule has 0 spiro atoms. The molecule has 0 radical (unpaired) electrons. The Hall–Kier alpha value is -2.70. The highest BCUT2D eigenvalue weighted by Crippen LogP contribution is 2.38. The lowest BCUT2D eigenvalue weighted by Crippen LogP contribution is -2.30. The average Bonchev–Trinajstić information content (AvgIpc) is 3.21. The van der Waals surface area contributed by atoms with Crippen LogP contribution in [0.5, 0.6) is 5.75 Å². The summed E-state index contributed by atoms with van der Waals surface area (Å²) in [6.45, 7) is 0. The highest BCUT2D eigenvalue weighted by atomic mass is 32.2. The van der Waals surface area contributed by atoms with Crippen molar-refractivity contribution >= 4 is 10.9 Å². The van der Waals surface area contributed by atoms with Gasteiger partial charge in [-0.05, 0) is 62.1 Å². The van der Waals surface area contributed by atoms with Gasteiger partial charge < -0.3 is 4.74 Å². The molecule has 0 aliphatic heterocycles. The smallest absolute Gasteiger partial charge is 0.170 e. The molecule has 0 bridgehead atoms. The first-order chi connectivity index (χ1) is 13.7. The summed E-state index contributed by atoms with van der Waals surface area (Å²) < 4.78 is 20.7. The molecular formula is C25H22FOS+. The van der Waals surface area contributed by atoms with Crippen molar-refractivity contribution in [3.05, 3.63) is 84.7 Å². The first-order valence-electron chi connectivity index (χ1n) is 9.51. The lowest BCUT2D eigenvalue weighted by atomic mass is 10.0. The van der Waals surface area contributed by atoms with E-state index < -0.39 is 5.60 Å². The maximum atomic E-state index is 14.6. The monoisotopic (exact) mass is 389 g/mol. The topological polar surface area (TPSA) is 9.23 Å². The van der Waals surface area contributed by atoms with Crippen LogP contribution in [0.2, 0.25) is 0 Å². The summed E-state index contributed by atoms with van der Waals surface area (Å²) in [5.41, 5.74) is -0.683. The Morgan fingerprint density at radius 3 is 1.93 bits per heavy atom. The Labute approximate surface area is 168 Å². The average molecular weight is 390 g/mol. The van der Waals surface area contributed by atoms with E-state index in [1.165, 1.54) is 15.9 Å². The number of benzene rings is 3. The quantitative estimate of drug-likeness (QED) is 0.370. The largest absolute Gasteiger partial charge is 0.471 e. The molecule has 1 nitrogen and oxygen atoms in total. The van der Waals surface area contributed by atoms with Gasteiger partial charge >= 0.3 is 0 Å². The number of hydrogen-bond acceptors (Lipinski definition) is 1. The predicted octanol–water partition coefficient (Wildman–Crippen LogP) is 6.25. The summed E-state index contributed by atoms with van der Waals surface area (Å²) in [4.78, 5) is 3.37. The van der Waals surface area contributed by atoms with E-state index in [1.807, 2.05) is 48.5 Å². The van der Waals surface area contributed by atoms with Crippen molar-refractivity contribution in [3.63, 3.8) is 0 Å². The summed E-state index contributed by atoms with van der Waals surface area (Å²) in [5, 5.41) is 0. The third kappa shape index (κ3) is 3.79. The normalized spacial score (nSPS) is 15.3. The van der Waals surface area contributed by atoms with E-state index in [9.17, 15) is 4.39 Å². The lowest BCUT2D eigenvalue weighted by molar-refractivity contribution is 0.131. The minimum Gasteiger partial charge on any atom is -0.471 e. The molecule has 0 unspecified atom stereocenters. The summed E-state index contributed by atoms with van der Waals surface area (Å²) in [7, 11) is -0.350. The van der Waals surface area contributed by atoms with Crippen LogP contribution < -0.4 is 4.74 Å². The second-order valence-corrected chi connectivity index (χ2v) is 9.00. The van der Waals surface area contributed by atoms with E-state index in [-0.39, 0.29) is 22.5 Å². The molecule has 0 amide bonds. The van der Waals surface area contributed by atoms with Gasteiger partial charge in [0, 0.05) is 6.07 Å². The van der Waals surface area contributed by atoms with E-state index in [4.69, 9.17) is 11.2 Å². The van der Waals surface area contributed by atoms with Crippen molar-refractivity contribution in [3.8, 4) is 18.1 Å². The summed E-state index contributed by atoms with van der Waals surface area (Å²) in [6, 6.07) is 25.8. The van der Waals surface area contributed by atoms with Crippen molar-refractivity contribution in [2.45, 2.75) is 46.0 Å². The Morgan fingerprint density at radius 2 is 1.39 bits per heavy atom. The molecule has 3 aromatic carbocycles. The van der Waals surface area contributed by atoms with E-state index in [0.29, 0.717) is 0 Å². The van der Waals surface area contributed by atoms with Gasteiger partial charge in [-0.1, -0.05) is 42.3 Å². The fraction of sp³-hybridized carbons (Fsp3) is 0.200. The number of terminal acetylenes is 1.